The number of benzene rings is 1. The van der Waals surface area contributed by atoms with Crippen LogP contribution in [-0.2, 0) is 4.79 Å². The molecule has 0 aliphatic carbocycles. The van der Waals surface area contributed by atoms with E-state index in [-0.39, 0.29) is 24.2 Å². The lowest BCUT2D eigenvalue weighted by Crippen LogP contribution is -2.45. The molecular formula is C16H27ClN2O. The molecule has 0 bridgehead atoms. The van der Waals surface area contributed by atoms with Crippen LogP contribution >= 0.6 is 12.4 Å². The molecule has 1 aromatic rings. The molecule has 1 rings (SSSR count). The van der Waals surface area contributed by atoms with Crippen molar-refractivity contribution in [2.45, 2.75) is 45.6 Å². The maximum absolute atomic E-state index is 12.0. The molecule has 3 nitrogen and oxygen atoms in total. The number of amides is 1. The Balaban J connectivity index is 0.00000361. The van der Waals surface area contributed by atoms with Crippen molar-refractivity contribution in [1.82, 2.24) is 5.32 Å². The lowest BCUT2D eigenvalue weighted by atomic mass is 9.95. The fourth-order valence-corrected chi connectivity index (χ4v) is 2.08. The summed E-state index contributed by atoms with van der Waals surface area (Å²) in [4.78, 5) is 12.0. The molecule has 0 saturated heterocycles. The van der Waals surface area contributed by atoms with Gasteiger partial charge in [-0.1, -0.05) is 57.5 Å². The number of hydrogen-bond donors (Lipinski definition) is 2. The standard InChI is InChI=1S/C16H26N2O.ClH/c1-4-12(3)15(17)16(19)18-11-13(5-2)14-9-7-6-8-10-14;/h6-10,12-13,15H,4-5,11,17H2,1-3H3,(H,18,19);1H. The van der Waals surface area contributed by atoms with Crippen molar-refractivity contribution in [2.24, 2.45) is 11.7 Å². The van der Waals surface area contributed by atoms with Crippen molar-refractivity contribution in [2.75, 3.05) is 6.54 Å². The van der Waals surface area contributed by atoms with Crippen LogP contribution < -0.4 is 11.1 Å². The van der Waals surface area contributed by atoms with Crippen LogP contribution in [0.5, 0.6) is 0 Å². The molecule has 0 radical (unpaired) electrons. The Morgan fingerprint density at radius 1 is 1.20 bits per heavy atom. The van der Waals surface area contributed by atoms with Crippen LogP contribution in [0.25, 0.3) is 0 Å². The molecule has 0 saturated carbocycles. The molecule has 114 valence electrons. The first-order chi connectivity index (χ1) is 9.10. The van der Waals surface area contributed by atoms with E-state index in [1.807, 2.05) is 25.1 Å². The fourth-order valence-electron chi connectivity index (χ4n) is 2.08. The second-order valence-corrected chi connectivity index (χ2v) is 5.17. The normalized spacial score (nSPS) is 14.8. The first-order valence-electron chi connectivity index (χ1n) is 7.18. The number of rotatable bonds is 7. The highest BCUT2D eigenvalue weighted by atomic mass is 35.5. The minimum Gasteiger partial charge on any atom is -0.354 e. The lowest BCUT2D eigenvalue weighted by Gasteiger charge is -2.21. The second-order valence-electron chi connectivity index (χ2n) is 5.17. The summed E-state index contributed by atoms with van der Waals surface area (Å²) in [6.45, 7) is 6.86. The van der Waals surface area contributed by atoms with Crippen molar-refractivity contribution < 1.29 is 4.79 Å². The van der Waals surface area contributed by atoms with Crippen molar-refractivity contribution in [1.29, 1.82) is 0 Å². The maximum atomic E-state index is 12.0. The summed E-state index contributed by atoms with van der Waals surface area (Å²) >= 11 is 0. The van der Waals surface area contributed by atoms with E-state index < -0.39 is 6.04 Å². The quantitative estimate of drug-likeness (QED) is 0.813. The first-order valence-corrected chi connectivity index (χ1v) is 7.18. The minimum absolute atomic E-state index is 0. The van der Waals surface area contributed by atoms with Gasteiger partial charge in [-0.15, -0.1) is 12.4 Å². The predicted octanol–water partition coefficient (Wildman–Crippen LogP) is 3.09. The third-order valence-electron chi connectivity index (χ3n) is 3.85. The topological polar surface area (TPSA) is 55.1 Å². The van der Waals surface area contributed by atoms with Gasteiger partial charge in [-0.3, -0.25) is 4.79 Å². The molecule has 0 aromatic heterocycles. The molecule has 3 unspecified atom stereocenters. The SMILES string of the molecule is CCC(CNC(=O)C(N)C(C)CC)c1ccccc1.Cl. The zero-order chi connectivity index (χ0) is 14.3. The summed E-state index contributed by atoms with van der Waals surface area (Å²) in [5.41, 5.74) is 7.19. The molecule has 0 aliphatic rings. The van der Waals surface area contributed by atoms with Gasteiger partial charge in [-0.05, 0) is 17.9 Å². The van der Waals surface area contributed by atoms with Gasteiger partial charge in [-0.25, -0.2) is 0 Å². The monoisotopic (exact) mass is 298 g/mol. The maximum Gasteiger partial charge on any atom is 0.237 e. The van der Waals surface area contributed by atoms with Gasteiger partial charge in [0.25, 0.3) is 0 Å². The van der Waals surface area contributed by atoms with Gasteiger partial charge in [0.2, 0.25) is 5.91 Å². The Bertz CT molecular complexity index is 383. The van der Waals surface area contributed by atoms with Crippen LogP contribution in [0.2, 0.25) is 0 Å². The van der Waals surface area contributed by atoms with Crippen LogP contribution in [0.3, 0.4) is 0 Å². The van der Waals surface area contributed by atoms with Crippen LogP contribution in [0.4, 0.5) is 0 Å². The van der Waals surface area contributed by atoms with Gasteiger partial charge in [0.1, 0.15) is 0 Å². The molecule has 0 spiro atoms. The van der Waals surface area contributed by atoms with Crippen molar-refractivity contribution >= 4 is 18.3 Å². The molecule has 1 amide bonds. The number of nitrogens with one attached hydrogen (secondary N) is 1. The van der Waals surface area contributed by atoms with Gasteiger partial charge in [-0.2, -0.15) is 0 Å². The van der Waals surface area contributed by atoms with E-state index in [2.05, 4.69) is 31.3 Å². The Labute approximate surface area is 128 Å². The average Bonchev–Trinajstić information content (AvgIpc) is 2.47. The van der Waals surface area contributed by atoms with E-state index in [4.69, 9.17) is 5.73 Å². The van der Waals surface area contributed by atoms with Gasteiger partial charge >= 0.3 is 0 Å². The van der Waals surface area contributed by atoms with Gasteiger partial charge in [0, 0.05) is 12.5 Å². The number of carbonyl (C=O) groups excluding carboxylic acids is 1. The van der Waals surface area contributed by atoms with Crippen molar-refractivity contribution in [3.05, 3.63) is 35.9 Å². The highest BCUT2D eigenvalue weighted by molar-refractivity contribution is 5.85. The number of carbonyl (C=O) groups is 1. The van der Waals surface area contributed by atoms with Crippen molar-refractivity contribution in [3.8, 4) is 0 Å². The molecular weight excluding hydrogens is 272 g/mol. The molecule has 0 heterocycles. The summed E-state index contributed by atoms with van der Waals surface area (Å²) < 4.78 is 0. The number of hydrogen-bond acceptors (Lipinski definition) is 2. The summed E-state index contributed by atoms with van der Waals surface area (Å²) in [6.07, 6.45) is 1.92. The Morgan fingerprint density at radius 2 is 1.80 bits per heavy atom. The smallest absolute Gasteiger partial charge is 0.237 e. The zero-order valence-electron chi connectivity index (χ0n) is 12.6. The number of nitrogens with two attached hydrogens (primary N) is 1. The van der Waals surface area contributed by atoms with E-state index in [0.717, 1.165) is 12.8 Å². The fraction of sp³-hybridized carbons (Fsp3) is 0.562. The highest BCUT2D eigenvalue weighted by Crippen LogP contribution is 2.18. The van der Waals surface area contributed by atoms with E-state index in [1.165, 1.54) is 5.56 Å². The second kappa shape index (κ2) is 9.78. The third-order valence-corrected chi connectivity index (χ3v) is 3.85. The molecule has 0 aliphatic heterocycles. The summed E-state index contributed by atoms with van der Waals surface area (Å²) in [7, 11) is 0. The summed E-state index contributed by atoms with van der Waals surface area (Å²) in [6, 6.07) is 9.88. The minimum atomic E-state index is -0.404. The summed E-state index contributed by atoms with van der Waals surface area (Å²) in [5, 5.41) is 2.98. The molecule has 3 N–H and O–H groups in total. The third kappa shape index (κ3) is 5.51. The molecule has 20 heavy (non-hydrogen) atoms. The Hall–Kier alpha value is -1.06. The first kappa shape index (κ1) is 18.9. The summed E-state index contributed by atoms with van der Waals surface area (Å²) in [5.74, 6) is 0.537. The average molecular weight is 299 g/mol. The van der Waals surface area contributed by atoms with Crippen molar-refractivity contribution in [3.63, 3.8) is 0 Å². The number of halogens is 1. The Kier molecular flexibility index (Phi) is 9.26. The largest absolute Gasteiger partial charge is 0.354 e. The van der Waals surface area contributed by atoms with Gasteiger partial charge in [0.05, 0.1) is 6.04 Å². The molecule has 3 atom stereocenters. The van der Waals surface area contributed by atoms with E-state index in [0.29, 0.717) is 12.5 Å². The van der Waals surface area contributed by atoms with Crippen LogP contribution in [0.15, 0.2) is 30.3 Å². The van der Waals surface area contributed by atoms with E-state index in [9.17, 15) is 4.79 Å². The van der Waals surface area contributed by atoms with Gasteiger partial charge < -0.3 is 11.1 Å². The predicted molar refractivity (Wildman–Crippen MR) is 87.2 cm³/mol. The Morgan fingerprint density at radius 3 is 2.30 bits per heavy atom. The molecule has 0 fully saturated rings. The zero-order valence-corrected chi connectivity index (χ0v) is 13.5. The van der Waals surface area contributed by atoms with Crippen LogP contribution in [0.1, 0.15) is 45.1 Å². The highest BCUT2D eigenvalue weighted by Gasteiger charge is 2.20. The van der Waals surface area contributed by atoms with Crippen LogP contribution in [-0.4, -0.2) is 18.5 Å². The van der Waals surface area contributed by atoms with Crippen LogP contribution in [0, 0.1) is 5.92 Å². The van der Waals surface area contributed by atoms with E-state index in [1.54, 1.807) is 0 Å². The molecule has 1 aromatic carbocycles. The lowest BCUT2D eigenvalue weighted by molar-refractivity contribution is -0.123. The van der Waals surface area contributed by atoms with Gasteiger partial charge in [0.15, 0.2) is 0 Å². The van der Waals surface area contributed by atoms with E-state index >= 15 is 0 Å². The molecule has 4 heteroatoms.